The van der Waals surface area contributed by atoms with Gasteiger partial charge in [0.15, 0.2) is 0 Å². The fourth-order valence-electron chi connectivity index (χ4n) is 7.08. The van der Waals surface area contributed by atoms with Crippen LogP contribution in [0, 0.1) is 0 Å². The lowest BCUT2D eigenvalue weighted by atomic mass is 9.63. The van der Waals surface area contributed by atoms with Crippen molar-refractivity contribution >= 4 is 5.91 Å². The second-order valence-corrected chi connectivity index (χ2v) is 10.3. The topological polar surface area (TPSA) is 36.4 Å². The molecule has 2 unspecified atom stereocenters. The minimum atomic E-state index is 0.140. The highest BCUT2D eigenvalue weighted by Gasteiger charge is 2.55. The van der Waals surface area contributed by atoms with E-state index in [4.69, 9.17) is 0 Å². The lowest BCUT2D eigenvalue weighted by molar-refractivity contribution is 0.0423. The highest BCUT2D eigenvalue weighted by Crippen LogP contribution is 2.54. The molecule has 4 fully saturated rings. The predicted molar refractivity (Wildman–Crippen MR) is 135 cm³/mol. The first kappa shape index (κ1) is 21.5. The lowest BCUT2D eigenvalue weighted by Gasteiger charge is -2.51. The average Bonchev–Trinajstić information content (AvgIpc) is 3.35. The van der Waals surface area contributed by atoms with Crippen LogP contribution >= 0.6 is 0 Å². The molecule has 0 radical (unpaired) electrons. The van der Waals surface area contributed by atoms with Crippen molar-refractivity contribution in [1.29, 1.82) is 0 Å². The Morgan fingerprint density at radius 3 is 1.88 bits per heavy atom. The number of hydrogen-bond donors (Lipinski definition) is 0. The van der Waals surface area contributed by atoms with Gasteiger partial charge in [0.25, 0.3) is 5.91 Å². The third-order valence-corrected chi connectivity index (χ3v) is 8.62. The Hall–Kier alpha value is -2.98. The molecule has 0 N–H and O–H groups in total. The number of carbonyl (C=O) groups excluding carboxylic acids is 1. The third kappa shape index (κ3) is 3.74. The first-order valence-electron chi connectivity index (χ1n) is 12.8. The fraction of sp³-hybridized carbons (Fsp3) is 0.400. The second-order valence-electron chi connectivity index (χ2n) is 10.3. The van der Waals surface area contributed by atoms with Crippen LogP contribution in [0.25, 0.3) is 0 Å². The van der Waals surface area contributed by atoms with Crippen LogP contribution in [0.1, 0.15) is 65.4 Å². The highest BCUT2D eigenvalue weighted by molar-refractivity contribution is 5.94. The first-order valence-corrected chi connectivity index (χ1v) is 12.8. The number of carbonyl (C=O) groups is 1. The van der Waals surface area contributed by atoms with Crippen molar-refractivity contribution < 1.29 is 4.79 Å². The van der Waals surface area contributed by atoms with Crippen molar-refractivity contribution in [3.8, 4) is 0 Å². The summed E-state index contributed by atoms with van der Waals surface area (Å²) < 4.78 is 0. The van der Waals surface area contributed by atoms with Crippen LogP contribution in [0.4, 0.5) is 0 Å². The van der Waals surface area contributed by atoms with Crippen LogP contribution in [0.5, 0.6) is 0 Å². The largest absolute Gasteiger partial charge is 0.334 e. The molecule has 3 aromatic rings. The Morgan fingerprint density at radius 2 is 1.32 bits per heavy atom. The first-order chi connectivity index (χ1) is 16.8. The van der Waals surface area contributed by atoms with E-state index in [9.17, 15) is 4.79 Å². The van der Waals surface area contributed by atoms with Crippen molar-refractivity contribution in [2.45, 2.75) is 55.5 Å². The van der Waals surface area contributed by atoms with Gasteiger partial charge in [-0.05, 0) is 68.5 Å². The van der Waals surface area contributed by atoms with Gasteiger partial charge in [-0.15, -0.1) is 0 Å². The second kappa shape index (κ2) is 8.99. The zero-order valence-electron chi connectivity index (χ0n) is 19.7. The Bertz CT molecular complexity index is 1060. The molecule has 4 nitrogen and oxygen atoms in total. The summed E-state index contributed by atoms with van der Waals surface area (Å²) in [5.74, 6) is 0.775. The predicted octanol–water partition coefficient (Wildman–Crippen LogP) is 5.49. The molecule has 4 aliphatic rings. The molecule has 2 aromatic carbocycles. The molecule has 34 heavy (non-hydrogen) atoms. The quantitative estimate of drug-likeness (QED) is 0.526. The highest BCUT2D eigenvalue weighted by atomic mass is 16.2. The van der Waals surface area contributed by atoms with E-state index < -0.39 is 0 Å². The Balaban J connectivity index is 1.51. The molecule has 4 heteroatoms. The van der Waals surface area contributed by atoms with E-state index in [0.29, 0.717) is 11.8 Å². The van der Waals surface area contributed by atoms with Gasteiger partial charge in [0.2, 0.25) is 0 Å². The molecule has 1 aromatic heterocycles. The molecule has 1 amide bonds. The minimum absolute atomic E-state index is 0.140. The van der Waals surface area contributed by atoms with E-state index in [0.717, 1.165) is 31.4 Å². The molecule has 174 valence electrons. The van der Waals surface area contributed by atoms with Crippen molar-refractivity contribution in [3.63, 3.8) is 0 Å². The molecule has 4 heterocycles. The summed E-state index contributed by atoms with van der Waals surface area (Å²) in [6.45, 7) is 3.19. The molecule has 4 atom stereocenters. The summed E-state index contributed by atoms with van der Waals surface area (Å²) in [5.41, 5.74) is 3.62. The summed E-state index contributed by atoms with van der Waals surface area (Å²) in [4.78, 5) is 23.2. The number of rotatable bonds is 4. The van der Waals surface area contributed by atoms with Crippen molar-refractivity contribution in [2.75, 3.05) is 19.6 Å². The summed E-state index contributed by atoms with van der Waals surface area (Å²) in [7, 11) is 0. The summed E-state index contributed by atoms with van der Waals surface area (Å²) in [5, 5.41) is 0. The van der Waals surface area contributed by atoms with Gasteiger partial charge < -0.3 is 4.90 Å². The van der Waals surface area contributed by atoms with Crippen LogP contribution in [0.15, 0.2) is 85.2 Å². The smallest absolute Gasteiger partial charge is 0.254 e. The summed E-state index contributed by atoms with van der Waals surface area (Å²) >= 11 is 0. The third-order valence-electron chi connectivity index (χ3n) is 8.62. The maximum absolute atomic E-state index is 14.0. The number of likely N-dealkylation sites (tertiary alicyclic amines) is 1. The van der Waals surface area contributed by atoms with Gasteiger partial charge in [-0.2, -0.15) is 0 Å². The van der Waals surface area contributed by atoms with E-state index in [2.05, 4.69) is 75.4 Å². The van der Waals surface area contributed by atoms with Gasteiger partial charge in [-0.1, -0.05) is 60.7 Å². The van der Waals surface area contributed by atoms with Gasteiger partial charge in [-0.3, -0.25) is 14.7 Å². The molecule has 0 spiro atoms. The molecule has 1 saturated carbocycles. The van der Waals surface area contributed by atoms with Crippen LogP contribution in [0.3, 0.4) is 0 Å². The number of amides is 1. The van der Waals surface area contributed by atoms with Crippen molar-refractivity contribution in [2.24, 2.45) is 0 Å². The van der Waals surface area contributed by atoms with Crippen LogP contribution in [0.2, 0.25) is 0 Å². The number of hydrogen-bond acceptors (Lipinski definition) is 3. The molecular formula is C30H33N3O. The van der Waals surface area contributed by atoms with Crippen molar-refractivity contribution in [1.82, 2.24) is 14.8 Å². The summed E-state index contributed by atoms with van der Waals surface area (Å²) in [6.07, 6.45) is 9.35. The van der Waals surface area contributed by atoms with E-state index in [1.807, 2.05) is 12.1 Å². The van der Waals surface area contributed by atoms with E-state index in [1.165, 1.54) is 37.1 Å². The van der Waals surface area contributed by atoms with Crippen LogP contribution < -0.4 is 0 Å². The zero-order chi connectivity index (χ0) is 23.0. The van der Waals surface area contributed by atoms with Crippen LogP contribution in [-0.2, 0) is 0 Å². The molecule has 7 rings (SSSR count). The number of pyridine rings is 1. The summed E-state index contributed by atoms with van der Waals surface area (Å²) in [6, 6.07) is 25.8. The van der Waals surface area contributed by atoms with E-state index >= 15 is 0 Å². The van der Waals surface area contributed by atoms with Gasteiger partial charge in [0, 0.05) is 47.9 Å². The lowest BCUT2D eigenvalue weighted by Crippen LogP contribution is -2.54. The average molecular weight is 452 g/mol. The minimum Gasteiger partial charge on any atom is -0.334 e. The van der Waals surface area contributed by atoms with Crippen molar-refractivity contribution in [3.05, 3.63) is 102 Å². The van der Waals surface area contributed by atoms with Gasteiger partial charge in [-0.25, -0.2) is 0 Å². The normalized spacial score (nSPS) is 29.2. The number of aromatic nitrogens is 1. The van der Waals surface area contributed by atoms with Gasteiger partial charge in [0.05, 0.1) is 0 Å². The molecule has 3 aliphatic heterocycles. The monoisotopic (exact) mass is 451 g/mol. The maximum Gasteiger partial charge on any atom is 0.254 e. The molecular weight excluding hydrogens is 418 g/mol. The maximum atomic E-state index is 14.0. The Morgan fingerprint density at radius 1 is 0.765 bits per heavy atom. The van der Waals surface area contributed by atoms with Crippen LogP contribution in [-0.4, -0.2) is 51.9 Å². The number of benzene rings is 2. The Kier molecular flexibility index (Phi) is 5.70. The fourth-order valence-corrected chi connectivity index (χ4v) is 7.08. The van der Waals surface area contributed by atoms with E-state index in [1.54, 1.807) is 12.4 Å². The molecule has 1 aliphatic carbocycles. The van der Waals surface area contributed by atoms with E-state index in [-0.39, 0.29) is 17.5 Å². The van der Waals surface area contributed by atoms with Gasteiger partial charge in [0.1, 0.15) is 0 Å². The SMILES string of the molecule is O=C(c1ccncc1)N1CCC2(N3CCCC3)C[C@H](c3ccccc3)C1[C@H](c1ccccc1)C2. The molecule has 2 bridgehead atoms. The number of fused-ring (bicyclic) bond motifs is 4. The molecule has 3 saturated heterocycles. The number of nitrogens with zero attached hydrogens (tertiary/aromatic N) is 3. The van der Waals surface area contributed by atoms with Gasteiger partial charge >= 0.3 is 0 Å². The Labute approximate surface area is 202 Å². The standard InChI is InChI=1S/C30H33N3O/c34-29(25-13-16-31-17-14-25)33-20-15-30(32-18-7-8-19-32)21-26(23-9-3-1-4-10-23)28(33)27(22-30)24-11-5-2-6-12-24/h1-6,9-14,16-17,26-28H,7-8,15,18-22H2/t26-,27+,28?,30?. The zero-order valence-corrected chi connectivity index (χ0v) is 19.7.